The first-order valence-corrected chi connectivity index (χ1v) is 8.57. The van der Waals surface area contributed by atoms with Crippen molar-refractivity contribution in [2.24, 2.45) is 5.16 Å². The average molecular weight is 376 g/mol. The quantitative estimate of drug-likeness (QED) is 0.368. The van der Waals surface area contributed by atoms with Crippen molar-refractivity contribution in [2.45, 2.75) is 6.92 Å². The smallest absolute Gasteiger partial charge is 0.261 e. The third-order valence-electron chi connectivity index (χ3n) is 3.42. The molecule has 0 saturated carbocycles. The summed E-state index contributed by atoms with van der Waals surface area (Å²) in [5.41, 5.74) is 6.76. The number of carbonyl (C=O) groups excluding carboxylic acids is 1. The highest BCUT2D eigenvalue weighted by atomic mass is 35.5. The second-order valence-corrected chi connectivity index (χ2v) is 6.49. The minimum atomic E-state index is -0.213. The highest BCUT2D eigenvalue weighted by Gasteiger charge is 2.21. The molecule has 0 fully saturated rings. The van der Waals surface area contributed by atoms with Gasteiger partial charge in [0.2, 0.25) is 5.95 Å². The monoisotopic (exact) mass is 375 g/mol. The van der Waals surface area contributed by atoms with Crippen molar-refractivity contribution in [2.75, 3.05) is 12.3 Å². The Morgan fingerprint density at radius 3 is 2.84 bits per heavy atom. The molecule has 3 rings (SSSR count). The first-order valence-electron chi connectivity index (χ1n) is 7.37. The van der Waals surface area contributed by atoms with Gasteiger partial charge in [-0.05, 0) is 19.1 Å². The summed E-state index contributed by atoms with van der Waals surface area (Å²) in [5, 5.41) is 16.6. The third-order valence-corrected chi connectivity index (χ3v) is 4.78. The van der Waals surface area contributed by atoms with Gasteiger partial charge in [-0.3, -0.25) is 4.79 Å². The topological polar surface area (TPSA) is 113 Å². The van der Waals surface area contributed by atoms with Crippen LogP contribution in [0.1, 0.15) is 27.9 Å². The minimum absolute atomic E-state index is 0.0139. The van der Waals surface area contributed by atoms with Crippen LogP contribution in [0.25, 0.3) is 10.2 Å². The second-order valence-electron chi connectivity index (χ2n) is 5.05. The summed E-state index contributed by atoms with van der Waals surface area (Å²) < 4.78 is 0. The second kappa shape index (κ2) is 7.04. The molecule has 0 atom stereocenters. The van der Waals surface area contributed by atoms with Crippen molar-refractivity contribution in [3.05, 3.63) is 51.5 Å². The Hall–Kier alpha value is -2.71. The zero-order valence-electron chi connectivity index (χ0n) is 13.2. The van der Waals surface area contributed by atoms with Crippen molar-refractivity contribution in [1.82, 2.24) is 15.3 Å². The van der Waals surface area contributed by atoms with E-state index in [9.17, 15) is 10.0 Å². The van der Waals surface area contributed by atoms with Gasteiger partial charge in [-0.1, -0.05) is 35.0 Å². The zero-order valence-corrected chi connectivity index (χ0v) is 14.7. The molecule has 0 aliphatic rings. The molecule has 2 heterocycles. The Bertz CT molecular complexity index is 986. The van der Waals surface area contributed by atoms with E-state index in [1.807, 2.05) is 6.92 Å². The summed E-state index contributed by atoms with van der Waals surface area (Å²) >= 11 is 7.40. The highest BCUT2D eigenvalue weighted by Crippen LogP contribution is 2.29. The molecule has 0 spiro atoms. The number of fused-ring (bicyclic) bond motifs is 1. The van der Waals surface area contributed by atoms with Crippen LogP contribution in [0, 0.1) is 0 Å². The minimum Gasteiger partial charge on any atom is -0.410 e. The number of oxime groups is 1. The summed E-state index contributed by atoms with van der Waals surface area (Å²) in [6, 6.07) is 8.57. The molecule has 1 aromatic carbocycles. The number of benzene rings is 1. The van der Waals surface area contributed by atoms with Gasteiger partial charge in [0.25, 0.3) is 5.91 Å². The summed E-state index contributed by atoms with van der Waals surface area (Å²) in [6.07, 6.45) is 0. The maximum absolute atomic E-state index is 12.1. The van der Waals surface area contributed by atoms with E-state index < -0.39 is 0 Å². The molecule has 7 nitrogen and oxygen atoms in total. The number of aromatic nitrogens is 2. The number of halogens is 1. The number of thiophene rings is 1. The summed E-state index contributed by atoms with van der Waals surface area (Å²) in [6.45, 7) is 2.35. The molecule has 0 bridgehead atoms. The number of amides is 1. The third kappa shape index (κ3) is 3.26. The Kier molecular flexibility index (Phi) is 4.82. The molecule has 3 aromatic rings. The van der Waals surface area contributed by atoms with E-state index in [0.29, 0.717) is 37.9 Å². The van der Waals surface area contributed by atoms with Crippen LogP contribution in [0.15, 0.2) is 35.5 Å². The van der Waals surface area contributed by atoms with Crippen molar-refractivity contribution >= 4 is 50.7 Å². The number of nitrogen functional groups attached to an aromatic ring is 1. The predicted molar refractivity (Wildman–Crippen MR) is 98.7 cm³/mol. The molecule has 0 aliphatic heterocycles. The van der Waals surface area contributed by atoms with Gasteiger partial charge >= 0.3 is 0 Å². The van der Waals surface area contributed by atoms with E-state index in [1.165, 1.54) is 11.3 Å². The standard InChI is InChI=1S/C16H14ClN5O2S/c1-2-19-14(23)11-7-9-12(20-16(18)21-15(9)25-11)13(22-24)8-5-3-4-6-10(8)17/h3-7,24H,2H2,1H3,(H,19,23)(H2,18,20,21)/b22-13-. The number of nitrogens with zero attached hydrogens (tertiary/aromatic N) is 3. The molecular weight excluding hydrogens is 362 g/mol. The summed E-state index contributed by atoms with van der Waals surface area (Å²) in [7, 11) is 0. The van der Waals surface area contributed by atoms with Gasteiger partial charge in [0.1, 0.15) is 16.2 Å². The highest BCUT2D eigenvalue weighted by molar-refractivity contribution is 7.20. The van der Waals surface area contributed by atoms with Gasteiger partial charge in [0.05, 0.1) is 9.90 Å². The van der Waals surface area contributed by atoms with Gasteiger partial charge in [-0.2, -0.15) is 0 Å². The Labute approximate surface area is 152 Å². The molecule has 0 radical (unpaired) electrons. The maximum Gasteiger partial charge on any atom is 0.261 e. The van der Waals surface area contributed by atoms with E-state index in [0.717, 1.165) is 0 Å². The number of hydrogen-bond acceptors (Lipinski definition) is 7. The van der Waals surface area contributed by atoms with Gasteiger partial charge in [-0.15, -0.1) is 11.3 Å². The fraction of sp³-hybridized carbons (Fsp3) is 0.125. The van der Waals surface area contributed by atoms with Crippen LogP contribution in [0.3, 0.4) is 0 Å². The Morgan fingerprint density at radius 2 is 2.16 bits per heavy atom. The zero-order chi connectivity index (χ0) is 18.0. The Balaban J connectivity index is 2.21. The lowest BCUT2D eigenvalue weighted by atomic mass is 10.0. The average Bonchev–Trinajstić information content (AvgIpc) is 3.01. The fourth-order valence-electron chi connectivity index (χ4n) is 2.36. The molecular formula is C16H14ClN5O2S. The lowest BCUT2D eigenvalue weighted by Crippen LogP contribution is -2.21. The van der Waals surface area contributed by atoms with E-state index in [-0.39, 0.29) is 17.6 Å². The number of nitrogens with one attached hydrogen (secondary N) is 1. The van der Waals surface area contributed by atoms with Crippen molar-refractivity contribution in [1.29, 1.82) is 0 Å². The SMILES string of the molecule is CCNC(=O)c1cc2c(/C(=N\O)c3ccccc3Cl)nc(N)nc2s1. The van der Waals surface area contributed by atoms with Crippen molar-refractivity contribution in [3.63, 3.8) is 0 Å². The van der Waals surface area contributed by atoms with Gasteiger partial charge in [0, 0.05) is 17.5 Å². The lowest BCUT2D eigenvalue weighted by molar-refractivity contribution is 0.0960. The van der Waals surface area contributed by atoms with E-state index >= 15 is 0 Å². The Morgan fingerprint density at radius 1 is 1.40 bits per heavy atom. The van der Waals surface area contributed by atoms with Crippen LogP contribution in [-0.2, 0) is 0 Å². The van der Waals surface area contributed by atoms with Crippen LogP contribution < -0.4 is 11.1 Å². The van der Waals surface area contributed by atoms with E-state index in [2.05, 4.69) is 20.4 Å². The van der Waals surface area contributed by atoms with Crippen molar-refractivity contribution in [3.8, 4) is 0 Å². The number of carbonyl (C=O) groups is 1. The molecule has 2 aromatic heterocycles. The first kappa shape index (κ1) is 17.1. The van der Waals surface area contributed by atoms with Crippen molar-refractivity contribution < 1.29 is 10.0 Å². The summed E-state index contributed by atoms with van der Waals surface area (Å²) in [5.74, 6) is -0.199. The van der Waals surface area contributed by atoms with E-state index in [1.54, 1.807) is 30.3 Å². The number of hydrogen-bond donors (Lipinski definition) is 3. The summed E-state index contributed by atoms with van der Waals surface area (Å²) in [4.78, 5) is 21.5. The van der Waals surface area contributed by atoms with Crippen LogP contribution in [0.4, 0.5) is 5.95 Å². The maximum atomic E-state index is 12.1. The number of nitrogens with two attached hydrogens (primary N) is 1. The number of rotatable bonds is 4. The normalized spacial score (nSPS) is 11.7. The molecule has 1 amide bonds. The van der Waals surface area contributed by atoms with Gasteiger partial charge in [0.15, 0.2) is 0 Å². The molecule has 4 N–H and O–H groups in total. The molecule has 9 heteroatoms. The fourth-order valence-corrected chi connectivity index (χ4v) is 3.54. The first-order chi connectivity index (χ1) is 12.0. The van der Waals surface area contributed by atoms with Crippen LogP contribution in [-0.4, -0.2) is 33.3 Å². The van der Waals surface area contributed by atoms with Crippen LogP contribution >= 0.6 is 22.9 Å². The largest absolute Gasteiger partial charge is 0.410 e. The van der Waals surface area contributed by atoms with Crippen LogP contribution in [0.2, 0.25) is 5.02 Å². The molecule has 0 unspecified atom stereocenters. The lowest BCUT2D eigenvalue weighted by Gasteiger charge is -2.07. The molecule has 0 saturated heterocycles. The molecule has 25 heavy (non-hydrogen) atoms. The predicted octanol–water partition coefficient (Wildman–Crippen LogP) is 2.90. The molecule has 128 valence electrons. The van der Waals surface area contributed by atoms with E-state index in [4.69, 9.17) is 17.3 Å². The van der Waals surface area contributed by atoms with Crippen LogP contribution in [0.5, 0.6) is 0 Å². The molecule has 0 aliphatic carbocycles. The van der Waals surface area contributed by atoms with Gasteiger partial charge in [-0.25, -0.2) is 9.97 Å². The van der Waals surface area contributed by atoms with Gasteiger partial charge < -0.3 is 16.3 Å². The number of anilines is 1.